The van der Waals surface area contributed by atoms with Crippen molar-refractivity contribution in [1.29, 1.82) is 0 Å². The molecule has 0 spiro atoms. The van der Waals surface area contributed by atoms with Gasteiger partial charge in [-0.15, -0.1) is 6.58 Å². The number of ether oxygens (including phenoxy) is 1. The molecule has 2 aliphatic rings. The lowest BCUT2D eigenvalue weighted by atomic mass is 9.74. The van der Waals surface area contributed by atoms with Crippen LogP contribution in [0.1, 0.15) is 106 Å². The van der Waals surface area contributed by atoms with Crippen molar-refractivity contribution in [2.45, 2.75) is 95.5 Å². The van der Waals surface area contributed by atoms with Crippen LogP contribution in [-0.4, -0.2) is 17.8 Å². The standard InChI is InChI=1S/C34H43F3O2/c1-3-5-21-39-32-20-11-24(22-30(32)35)8-7-23-9-12-25(13-10-23)28-18-19-29(34(37)33(28)36)26-14-16-27(17-15-26)31(38)6-4-2/h3,7-8,11,18-20,22-23,25-27,31,38H,1,4-6,9-10,12-17,21H2,2H3/b8-7+. The van der Waals surface area contributed by atoms with Crippen molar-refractivity contribution in [3.05, 3.63) is 83.2 Å². The number of aliphatic hydroxyl groups is 1. The van der Waals surface area contributed by atoms with Crippen LogP contribution in [-0.2, 0) is 0 Å². The smallest absolute Gasteiger partial charge is 0.165 e. The van der Waals surface area contributed by atoms with Gasteiger partial charge in [0.05, 0.1) is 12.7 Å². The topological polar surface area (TPSA) is 29.5 Å². The normalized spacial score (nSPS) is 24.5. The third-order valence-electron chi connectivity index (χ3n) is 8.79. The molecule has 0 radical (unpaired) electrons. The Labute approximate surface area is 232 Å². The van der Waals surface area contributed by atoms with E-state index in [0.29, 0.717) is 30.1 Å². The first kappa shape index (κ1) is 29.5. The van der Waals surface area contributed by atoms with Gasteiger partial charge in [0.15, 0.2) is 23.2 Å². The van der Waals surface area contributed by atoms with Crippen molar-refractivity contribution in [1.82, 2.24) is 0 Å². The van der Waals surface area contributed by atoms with Gasteiger partial charge in [0.2, 0.25) is 0 Å². The fraction of sp³-hybridized carbons (Fsp3) is 0.529. The monoisotopic (exact) mass is 540 g/mol. The second kappa shape index (κ2) is 14.2. The van der Waals surface area contributed by atoms with Gasteiger partial charge in [-0.2, -0.15) is 0 Å². The number of benzene rings is 2. The molecule has 212 valence electrons. The van der Waals surface area contributed by atoms with E-state index in [0.717, 1.165) is 69.8 Å². The van der Waals surface area contributed by atoms with Crippen LogP contribution in [0, 0.1) is 29.3 Å². The Morgan fingerprint density at radius 2 is 1.54 bits per heavy atom. The first-order valence-corrected chi connectivity index (χ1v) is 14.8. The lowest BCUT2D eigenvalue weighted by Crippen LogP contribution is -2.25. The maximum Gasteiger partial charge on any atom is 0.165 e. The van der Waals surface area contributed by atoms with Crippen molar-refractivity contribution in [2.24, 2.45) is 11.8 Å². The Morgan fingerprint density at radius 1 is 0.923 bits per heavy atom. The Balaban J connectivity index is 1.31. The average molecular weight is 541 g/mol. The minimum atomic E-state index is -0.675. The molecule has 0 amide bonds. The summed E-state index contributed by atoms with van der Waals surface area (Å²) in [6.45, 7) is 6.11. The summed E-state index contributed by atoms with van der Waals surface area (Å²) in [5, 5.41) is 10.3. The van der Waals surface area contributed by atoms with Crippen LogP contribution in [0.5, 0.6) is 5.75 Å². The Kier molecular flexibility index (Phi) is 10.7. The molecule has 2 aromatic carbocycles. The molecule has 1 N–H and O–H groups in total. The number of hydrogen-bond donors (Lipinski definition) is 1. The second-order valence-corrected chi connectivity index (χ2v) is 11.4. The molecule has 1 unspecified atom stereocenters. The number of hydrogen-bond acceptors (Lipinski definition) is 2. The molecule has 0 saturated heterocycles. The molecule has 5 heteroatoms. The predicted molar refractivity (Wildman–Crippen MR) is 152 cm³/mol. The number of aliphatic hydroxyl groups excluding tert-OH is 1. The Hall–Kier alpha value is -2.53. The predicted octanol–water partition coefficient (Wildman–Crippen LogP) is 9.48. The van der Waals surface area contributed by atoms with Gasteiger partial charge in [-0.1, -0.05) is 49.8 Å². The van der Waals surface area contributed by atoms with Crippen LogP contribution in [0.2, 0.25) is 0 Å². The Bertz CT molecular complexity index is 1110. The molecule has 2 aromatic rings. The van der Waals surface area contributed by atoms with Crippen molar-refractivity contribution < 1.29 is 23.0 Å². The molecular weight excluding hydrogens is 497 g/mol. The van der Waals surface area contributed by atoms with Gasteiger partial charge >= 0.3 is 0 Å². The molecule has 4 rings (SSSR count). The molecule has 0 heterocycles. The quantitative estimate of drug-likeness (QED) is 0.227. The van der Waals surface area contributed by atoms with Crippen LogP contribution < -0.4 is 4.74 Å². The molecule has 0 aromatic heterocycles. The van der Waals surface area contributed by atoms with E-state index in [1.807, 2.05) is 24.3 Å². The van der Waals surface area contributed by atoms with Gasteiger partial charge in [0, 0.05) is 0 Å². The maximum atomic E-state index is 15.3. The minimum Gasteiger partial charge on any atom is -0.490 e. The van der Waals surface area contributed by atoms with Gasteiger partial charge < -0.3 is 9.84 Å². The van der Waals surface area contributed by atoms with Crippen molar-refractivity contribution in [3.63, 3.8) is 0 Å². The largest absolute Gasteiger partial charge is 0.490 e. The summed E-state index contributed by atoms with van der Waals surface area (Å²) in [7, 11) is 0. The third-order valence-corrected chi connectivity index (χ3v) is 8.79. The first-order chi connectivity index (χ1) is 18.9. The van der Waals surface area contributed by atoms with Crippen LogP contribution in [0.25, 0.3) is 6.08 Å². The van der Waals surface area contributed by atoms with Gasteiger partial charge in [-0.3, -0.25) is 0 Å². The molecule has 2 aliphatic carbocycles. The minimum absolute atomic E-state index is 0.0163. The first-order valence-electron chi connectivity index (χ1n) is 14.8. The molecule has 2 saturated carbocycles. The van der Waals surface area contributed by atoms with Gasteiger partial charge in [-0.25, -0.2) is 13.2 Å². The maximum absolute atomic E-state index is 15.3. The molecule has 1 atom stereocenters. The lowest BCUT2D eigenvalue weighted by Gasteiger charge is -2.32. The summed E-state index contributed by atoms with van der Waals surface area (Å²) in [6, 6.07) is 8.59. The highest BCUT2D eigenvalue weighted by Crippen LogP contribution is 2.42. The molecule has 39 heavy (non-hydrogen) atoms. The fourth-order valence-corrected chi connectivity index (χ4v) is 6.42. The van der Waals surface area contributed by atoms with E-state index in [9.17, 15) is 9.50 Å². The van der Waals surface area contributed by atoms with Crippen molar-refractivity contribution in [3.8, 4) is 5.75 Å². The van der Waals surface area contributed by atoms with Crippen molar-refractivity contribution >= 4 is 6.08 Å². The highest BCUT2D eigenvalue weighted by molar-refractivity contribution is 5.51. The second-order valence-electron chi connectivity index (χ2n) is 11.4. The highest BCUT2D eigenvalue weighted by Gasteiger charge is 2.31. The molecule has 0 bridgehead atoms. The average Bonchev–Trinajstić information content (AvgIpc) is 2.95. The molecular formula is C34H43F3O2. The van der Waals surface area contributed by atoms with Crippen LogP contribution in [0.15, 0.2) is 49.1 Å². The van der Waals surface area contributed by atoms with Gasteiger partial charge in [0.1, 0.15) is 0 Å². The lowest BCUT2D eigenvalue weighted by molar-refractivity contribution is 0.0727. The summed E-state index contributed by atoms with van der Waals surface area (Å²) < 4.78 is 50.2. The van der Waals surface area contributed by atoms with Crippen LogP contribution in [0.4, 0.5) is 13.2 Å². The summed E-state index contributed by atoms with van der Waals surface area (Å²) in [5.41, 5.74) is 1.78. The van der Waals surface area contributed by atoms with Gasteiger partial charge in [-0.05, 0) is 117 Å². The number of halogens is 3. The highest BCUT2D eigenvalue weighted by atomic mass is 19.2. The zero-order chi connectivity index (χ0) is 27.8. The Morgan fingerprint density at radius 3 is 2.10 bits per heavy atom. The summed E-state index contributed by atoms with van der Waals surface area (Å²) in [5.74, 6) is -0.840. The summed E-state index contributed by atoms with van der Waals surface area (Å²) >= 11 is 0. The summed E-state index contributed by atoms with van der Waals surface area (Å²) in [6.07, 6.45) is 14.6. The van der Waals surface area contributed by atoms with Crippen molar-refractivity contribution in [2.75, 3.05) is 6.61 Å². The van der Waals surface area contributed by atoms with E-state index in [1.165, 1.54) is 6.07 Å². The van der Waals surface area contributed by atoms with Crippen LogP contribution in [0.3, 0.4) is 0 Å². The number of allylic oxidation sites excluding steroid dienone is 1. The zero-order valence-electron chi connectivity index (χ0n) is 23.2. The van der Waals surface area contributed by atoms with Gasteiger partial charge in [0.25, 0.3) is 0 Å². The van der Waals surface area contributed by atoms with E-state index in [2.05, 4.69) is 19.6 Å². The molecule has 2 nitrogen and oxygen atoms in total. The zero-order valence-corrected chi connectivity index (χ0v) is 23.2. The van der Waals surface area contributed by atoms with E-state index in [-0.39, 0.29) is 35.4 Å². The van der Waals surface area contributed by atoms with Crippen LogP contribution >= 0.6 is 0 Å². The van der Waals surface area contributed by atoms with E-state index in [1.54, 1.807) is 12.1 Å². The molecule has 2 fully saturated rings. The van der Waals surface area contributed by atoms with E-state index < -0.39 is 11.6 Å². The fourth-order valence-electron chi connectivity index (χ4n) is 6.42. The van der Waals surface area contributed by atoms with E-state index >= 15 is 8.78 Å². The number of rotatable bonds is 11. The third kappa shape index (κ3) is 7.57. The summed E-state index contributed by atoms with van der Waals surface area (Å²) in [4.78, 5) is 0. The van der Waals surface area contributed by atoms with E-state index in [4.69, 9.17) is 4.74 Å². The molecule has 0 aliphatic heterocycles. The SMILES string of the molecule is C=CCCOc1ccc(/C=C/C2CCC(c3ccc(C4CCC(C(O)CCC)CC4)c(F)c3F)CC2)cc1F.